The summed E-state index contributed by atoms with van der Waals surface area (Å²) < 4.78 is 34.9. The van der Waals surface area contributed by atoms with Gasteiger partial charge in [-0.2, -0.15) is 8.78 Å². The summed E-state index contributed by atoms with van der Waals surface area (Å²) >= 11 is 0. The monoisotopic (exact) mass is 520 g/mol. The highest BCUT2D eigenvalue weighted by molar-refractivity contribution is 14.0. The predicted octanol–water partition coefficient (Wildman–Crippen LogP) is 2.88. The van der Waals surface area contributed by atoms with Gasteiger partial charge in [-0.3, -0.25) is 9.79 Å². The number of nitrogens with zero attached hydrogens (tertiary/aromatic N) is 1. The van der Waals surface area contributed by atoms with Gasteiger partial charge in [-0.05, 0) is 35.9 Å². The maximum Gasteiger partial charge on any atom is 0.387 e. The molecule has 29 heavy (non-hydrogen) atoms. The number of guanidine groups is 1. The number of nitrogens with one attached hydrogen (secondary N) is 2. The lowest BCUT2D eigenvalue weighted by molar-refractivity contribution is -0.0505. The van der Waals surface area contributed by atoms with Gasteiger partial charge in [0.2, 0.25) is 5.91 Å². The van der Waals surface area contributed by atoms with E-state index in [1.807, 2.05) is 6.07 Å². The number of benzene rings is 2. The molecule has 0 atom stereocenters. The first-order valence-electron chi connectivity index (χ1n) is 8.38. The molecule has 0 fully saturated rings. The summed E-state index contributed by atoms with van der Waals surface area (Å²) in [7, 11) is 3.07. The van der Waals surface area contributed by atoms with E-state index in [4.69, 9.17) is 10.5 Å². The molecule has 158 valence electrons. The molecule has 0 radical (unpaired) electrons. The molecule has 0 unspecified atom stereocenters. The minimum absolute atomic E-state index is 0. The maximum atomic E-state index is 12.6. The van der Waals surface area contributed by atoms with Crippen molar-refractivity contribution in [3.8, 4) is 11.5 Å². The van der Waals surface area contributed by atoms with Gasteiger partial charge in [0.15, 0.2) is 5.96 Å². The normalized spacial score (nSPS) is 10.9. The van der Waals surface area contributed by atoms with Crippen molar-refractivity contribution < 1.29 is 23.0 Å². The Labute approximate surface area is 184 Å². The molecule has 0 aliphatic carbocycles. The number of primary amides is 1. The number of ether oxygens (including phenoxy) is 2. The molecule has 2 aromatic carbocycles. The fourth-order valence-electron chi connectivity index (χ4n) is 2.45. The number of carbonyl (C=O) groups excluding carboxylic acids is 1. The maximum absolute atomic E-state index is 12.6. The van der Waals surface area contributed by atoms with E-state index in [9.17, 15) is 13.6 Å². The molecule has 0 aliphatic rings. The SMILES string of the molecule is CN=C(NCc1cccc(C(N)=O)c1)NCc1cc(OC)ccc1OC(F)F.I. The third-order valence-corrected chi connectivity index (χ3v) is 3.83. The second-order valence-corrected chi connectivity index (χ2v) is 5.70. The van der Waals surface area contributed by atoms with Gasteiger partial charge in [0, 0.05) is 31.3 Å². The highest BCUT2D eigenvalue weighted by Gasteiger charge is 2.12. The topological polar surface area (TPSA) is 98.0 Å². The van der Waals surface area contributed by atoms with Crippen molar-refractivity contribution in [1.29, 1.82) is 0 Å². The zero-order valence-electron chi connectivity index (χ0n) is 15.9. The number of amides is 1. The van der Waals surface area contributed by atoms with Crippen molar-refractivity contribution in [1.82, 2.24) is 10.6 Å². The first kappa shape index (κ1) is 24.4. The van der Waals surface area contributed by atoms with Crippen molar-refractivity contribution in [3.05, 3.63) is 59.2 Å². The molecule has 2 rings (SSSR count). The van der Waals surface area contributed by atoms with E-state index in [0.29, 0.717) is 29.4 Å². The van der Waals surface area contributed by atoms with E-state index >= 15 is 0 Å². The number of carbonyl (C=O) groups is 1. The Balaban J connectivity index is 0.00000420. The van der Waals surface area contributed by atoms with Crippen LogP contribution in [0.2, 0.25) is 0 Å². The fourth-order valence-corrected chi connectivity index (χ4v) is 2.45. The number of rotatable bonds is 8. The standard InChI is InChI=1S/C19H22F2N4O3.HI/c1-23-19(24-10-12-4-3-5-13(8-12)17(22)26)25-11-14-9-15(27-2)6-7-16(14)28-18(20)21;/h3-9,18H,10-11H2,1-2H3,(H2,22,26)(H2,23,24,25);1H. The Kier molecular flexibility index (Phi) is 10.1. The Morgan fingerprint density at radius 1 is 1.17 bits per heavy atom. The van der Waals surface area contributed by atoms with E-state index in [-0.39, 0.29) is 36.3 Å². The zero-order chi connectivity index (χ0) is 20.5. The van der Waals surface area contributed by atoms with Gasteiger partial charge in [0.05, 0.1) is 7.11 Å². The summed E-state index contributed by atoms with van der Waals surface area (Å²) in [5.41, 5.74) is 7.01. The number of nitrogens with two attached hydrogens (primary N) is 1. The number of halogens is 3. The number of aliphatic imine (C=N–C) groups is 1. The fraction of sp³-hybridized carbons (Fsp3) is 0.263. The second-order valence-electron chi connectivity index (χ2n) is 5.70. The van der Waals surface area contributed by atoms with Crippen molar-refractivity contribution in [3.63, 3.8) is 0 Å². The summed E-state index contributed by atoms with van der Waals surface area (Å²) in [6.07, 6.45) is 0. The summed E-state index contributed by atoms with van der Waals surface area (Å²) in [6.45, 7) is -2.36. The van der Waals surface area contributed by atoms with Crippen LogP contribution < -0.4 is 25.8 Å². The molecule has 0 saturated carbocycles. The van der Waals surface area contributed by atoms with E-state index in [1.54, 1.807) is 37.4 Å². The highest BCUT2D eigenvalue weighted by atomic mass is 127. The summed E-state index contributed by atoms with van der Waals surface area (Å²) in [4.78, 5) is 15.3. The molecule has 4 N–H and O–H groups in total. The summed E-state index contributed by atoms with van der Waals surface area (Å²) in [6, 6.07) is 11.5. The lowest BCUT2D eigenvalue weighted by Gasteiger charge is -2.15. The smallest absolute Gasteiger partial charge is 0.387 e. The van der Waals surface area contributed by atoms with Gasteiger partial charge in [0.1, 0.15) is 11.5 Å². The molecule has 2 aromatic rings. The largest absolute Gasteiger partial charge is 0.497 e. The predicted molar refractivity (Wildman–Crippen MR) is 117 cm³/mol. The molecule has 10 heteroatoms. The van der Waals surface area contributed by atoms with Gasteiger partial charge >= 0.3 is 6.61 Å². The third kappa shape index (κ3) is 7.72. The summed E-state index contributed by atoms with van der Waals surface area (Å²) in [5, 5.41) is 6.10. The Bertz CT molecular complexity index is 850. The molecule has 0 saturated heterocycles. The molecule has 0 aliphatic heterocycles. The van der Waals surface area contributed by atoms with E-state index in [2.05, 4.69) is 20.4 Å². The van der Waals surface area contributed by atoms with Crippen molar-refractivity contribution in [2.45, 2.75) is 19.7 Å². The van der Waals surface area contributed by atoms with Crippen LogP contribution in [0.25, 0.3) is 0 Å². The molecule has 0 bridgehead atoms. The van der Waals surface area contributed by atoms with Crippen LogP contribution in [0.1, 0.15) is 21.5 Å². The van der Waals surface area contributed by atoms with Crippen LogP contribution in [-0.2, 0) is 13.1 Å². The highest BCUT2D eigenvalue weighted by Crippen LogP contribution is 2.25. The Morgan fingerprint density at radius 3 is 2.52 bits per heavy atom. The molecule has 1 amide bonds. The van der Waals surface area contributed by atoms with Gasteiger partial charge in [0.25, 0.3) is 0 Å². The van der Waals surface area contributed by atoms with Gasteiger partial charge in [-0.15, -0.1) is 24.0 Å². The minimum atomic E-state index is -2.93. The quantitative estimate of drug-likeness (QED) is 0.283. The molecular formula is C19H23F2IN4O3. The van der Waals surface area contributed by atoms with Crippen LogP contribution in [0.15, 0.2) is 47.5 Å². The number of hydrogen-bond acceptors (Lipinski definition) is 4. The van der Waals surface area contributed by atoms with Crippen molar-refractivity contribution in [2.75, 3.05) is 14.2 Å². The lowest BCUT2D eigenvalue weighted by Crippen LogP contribution is -2.36. The Hall–Kier alpha value is -2.63. The average Bonchev–Trinajstić information content (AvgIpc) is 2.68. The summed E-state index contributed by atoms with van der Waals surface area (Å²) in [5.74, 6) is 0.502. The third-order valence-electron chi connectivity index (χ3n) is 3.83. The second kappa shape index (κ2) is 12.0. The lowest BCUT2D eigenvalue weighted by atomic mass is 10.1. The molecule has 0 aromatic heterocycles. The molecular weight excluding hydrogens is 497 g/mol. The molecule has 7 nitrogen and oxygen atoms in total. The first-order valence-corrected chi connectivity index (χ1v) is 8.38. The minimum Gasteiger partial charge on any atom is -0.497 e. The van der Waals surface area contributed by atoms with Gasteiger partial charge < -0.3 is 25.8 Å². The number of methoxy groups -OCH3 is 1. The van der Waals surface area contributed by atoms with Crippen LogP contribution in [0.5, 0.6) is 11.5 Å². The van der Waals surface area contributed by atoms with E-state index < -0.39 is 12.5 Å². The van der Waals surface area contributed by atoms with Crippen LogP contribution in [0.4, 0.5) is 8.78 Å². The van der Waals surface area contributed by atoms with E-state index in [0.717, 1.165) is 5.56 Å². The van der Waals surface area contributed by atoms with Crippen LogP contribution >= 0.6 is 24.0 Å². The Morgan fingerprint density at radius 2 is 1.90 bits per heavy atom. The van der Waals surface area contributed by atoms with Gasteiger partial charge in [-0.25, -0.2) is 0 Å². The van der Waals surface area contributed by atoms with E-state index in [1.165, 1.54) is 13.2 Å². The van der Waals surface area contributed by atoms with Crippen LogP contribution in [0, 0.1) is 0 Å². The first-order chi connectivity index (χ1) is 13.4. The molecule has 0 spiro atoms. The zero-order valence-corrected chi connectivity index (χ0v) is 18.3. The van der Waals surface area contributed by atoms with Crippen molar-refractivity contribution >= 4 is 35.8 Å². The van der Waals surface area contributed by atoms with Crippen molar-refractivity contribution in [2.24, 2.45) is 10.7 Å². The molecule has 0 heterocycles. The average molecular weight is 520 g/mol. The number of alkyl halides is 2. The van der Waals surface area contributed by atoms with Gasteiger partial charge in [-0.1, -0.05) is 12.1 Å². The van der Waals surface area contributed by atoms with Crippen LogP contribution in [0.3, 0.4) is 0 Å². The number of hydrogen-bond donors (Lipinski definition) is 3. The van der Waals surface area contributed by atoms with Crippen LogP contribution in [-0.4, -0.2) is 32.6 Å².